The summed E-state index contributed by atoms with van der Waals surface area (Å²) < 4.78 is 0. The zero-order valence-corrected chi connectivity index (χ0v) is 7.63. The van der Waals surface area contributed by atoms with Crippen LogP contribution in [0.5, 0.6) is 0 Å². The van der Waals surface area contributed by atoms with Crippen molar-refractivity contribution in [2.45, 2.75) is 6.92 Å². The van der Waals surface area contributed by atoms with Crippen molar-refractivity contribution < 1.29 is 0 Å². The van der Waals surface area contributed by atoms with Gasteiger partial charge >= 0.3 is 0 Å². The predicted molar refractivity (Wildman–Crippen MR) is 51.1 cm³/mol. The van der Waals surface area contributed by atoms with E-state index in [0.717, 1.165) is 11.4 Å². The molecule has 0 saturated heterocycles. The smallest absolute Gasteiger partial charge is 0.143 e. The van der Waals surface area contributed by atoms with Crippen LogP contribution in [0.25, 0.3) is 0 Å². The van der Waals surface area contributed by atoms with Gasteiger partial charge in [0.1, 0.15) is 5.82 Å². The highest BCUT2D eigenvalue weighted by Crippen LogP contribution is 2.12. The van der Waals surface area contributed by atoms with E-state index >= 15 is 0 Å². The molecular weight excluding hydrogens is 148 g/mol. The van der Waals surface area contributed by atoms with E-state index in [2.05, 4.69) is 16.8 Å². The molecule has 1 aromatic rings. The summed E-state index contributed by atoms with van der Waals surface area (Å²) in [7, 11) is 3.92. The summed E-state index contributed by atoms with van der Waals surface area (Å²) in [6, 6.07) is 3.87. The molecule has 0 atom stereocenters. The molecule has 1 aromatic heterocycles. The average molecular weight is 160 g/mol. The standard InChI is InChI=1S/C10H12N2/c1-4-6-9-7-5-8-11-10(9)12(2)3/h5,7-8H,1-3H3. The lowest BCUT2D eigenvalue weighted by Crippen LogP contribution is -2.11. The van der Waals surface area contributed by atoms with Gasteiger partial charge in [-0.3, -0.25) is 0 Å². The Labute approximate surface area is 73.2 Å². The molecule has 0 aliphatic carbocycles. The highest BCUT2D eigenvalue weighted by Gasteiger charge is 2.00. The zero-order chi connectivity index (χ0) is 8.97. The first-order valence-corrected chi connectivity index (χ1v) is 3.81. The van der Waals surface area contributed by atoms with Crippen LogP contribution < -0.4 is 4.90 Å². The molecule has 0 amide bonds. The highest BCUT2D eigenvalue weighted by atomic mass is 15.1. The fourth-order valence-corrected chi connectivity index (χ4v) is 0.986. The molecule has 62 valence electrons. The summed E-state index contributed by atoms with van der Waals surface area (Å²) in [6.45, 7) is 1.83. The van der Waals surface area contributed by atoms with Gasteiger partial charge in [0.2, 0.25) is 0 Å². The minimum atomic E-state index is 0.923. The Morgan fingerprint density at radius 1 is 1.42 bits per heavy atom. The zero-order valence-electron chi connectivity index (χ0n) is 7.63. The number of rotatable bonds is 1. The van der Waals surface area contributed by atoms with Gasteiger partial charge in [-0.05, 0) is 19.1 Å². The maximum Gasteiger partial charge on any atom is 0.143 e. The number of pyridine rings is 1. The van der Waals surface area contributed by atoms with E-state index in [0.29, 0.717) is 0 Å². The molecule has 0 aliphatic rings. The van der Waals surface area contributed by atoms with Crippen molar-refractivity contribution in [1.82, 2.24) is 4.98 Å². The van der Waals surface area contributed by atoms with E-state index in [9.17, 15) is 0 Å². The molecule has 0 radical (unpaired) electrons. The van der Waals surface area contributed by atoms with Crippen molar-refractivity contribution in [2.24, 2.45) is 0 Å². The molecule has 1 heterocycles. The maximum absolute atomic E-state index is 4.22. The Morgan fingerprint density at radius 2 is 2.17 bits per heavy atom. The fraction of sp³-hybridized carbons (Fsp3) is 0.300. The van der Waals surface area contributed by atoms with Crippen LogP contribution in [0, 0.1) is 11.8 Å². The summed E-state index contributed by atoms with van der Waals surface area (Å²) in [5.41, 5.74) is 0.977. The predicted octanol–water partition coefficient (Wildman–Crippen LogP) is 1.52. The number of hydrogen-bond acceptors (Lipinski definition) is 2. The molecule has 12 heavy (non-hydrogen) atoms. The molecule has 1 rings (SSSR count). The van der Waals surface area contributed by atoms with E-state index in [1.54, 1.807) is 6.20 Å². The Morgan fingerprint density at radius 3 is 2.75 bits per heavy atom. The summed E-state index contributed by atoms with van der Waals surface area (Å²) in [6.07, 6.45) is 1.77. The molecule has 0 aromatic carbocycles. The van der Waals surface area contributed by atoms with Gasteiger partial charge in [0, 0.05) is 20.3 Å². The van der Waals surface area contributed by atoms with Crippen molar-refractivity contribution in [3.8, 4) is 11.8 Å². The molecule has 0 fully saturated rings. The van der Waals surface area contributed by atoms with E-state index in [1.165, 1.54) is 0 Å². The second-order valence-electron chi connectivity index (χ2n) is 2.64. The highest BCUT2D eigenvalue weighted by molar-refractivity contribution is 5.54. The second-order valence-corrected chi connectivity index (χ2v) is 2.64. The van der Waals surface area contributed by atoms with Crippen LogP contribution >= 0.6 is 0 Å². The lowest BCUT2D eigenvalue weighted by Gasteiger charge is -2.12. The average Bonchev–Trinajstić information content (AvgIpc) is 2.05. The number of hydrogen-bond donors (Lipinski definition) is 0. The first kappa shape index (κ1) is 8.61. The van der Waals surface area contributed by atoms with Crippen molar-refractivity contribution in [3.05, 3.63) is 23.9 Å². The van der Waals surface area contributed by atoms with Gasteiger partial charge in [-0.2, -0.15) is 0 Å². The molecule has 0 unspecified atom stereocenters. The monoisotopic (exact) mass is 160 g/mol. The van der Waals surface area contributed by atoms with Crippen molar-refractivity contribution in [2.75, 3.05) is 19.0 Å². The Kier molecular flexibility index (Phi) is 2.71. The molecule has 0 aliphatic heterocycles. The van der Waals surface area contributed by atoms with Gasteiger partial charge in [-0.25, -0.2) is 4.98 Å². The number of nitrogens with zero attached hydrogens (tertiary/aromatic N) is 2. The van der Waals surface area contributed by atoms with Gasteiger partial charge in [0.25, 0.3) is 0 Å². The van der Waals surface area contributed by atoms with E-state index in [-0.39, 0.29) is 0 Å². The van der Waals surface area contributed by atoms with E-state index in [1.807, 2.05) is 38.1 Å². The van der Waals surface area contributed by atoms with Gasteiger partial charge in [-0.15, -0.1) is 5.92 Å². The summed E-state index contributed by atoms with van der Waals surface area (Å²) >= 11 is 0. The third-order valence-corrected chi connectivity index (χ3v) is 1.47. The normalized spacial score (nSPS) is 8.58. The molecule has 2 nitrogen and oxygen atoms in total. The molecular formula is C10H12N2. The quantitative estimate of drug-likeness (QED) is 0.579. The van der Waals surface area contributed by atoms with E-state index in [4.69, 9.17) is 0 Å². The van der Waals surface area contributed by atoms with Crippen LogP contribution in [-0.2, 0) is 0 Å². The van der Waals surface area contributed by atoms with E-state index < -0.39 is 0 Å². The van der Waals surface area contributed by atoms with Crippen LogP contribution in [0.15, 0.2) is 18.3 Å². The number of aromatic nitrogens is 1. The van der Waals surface area contributed by atoms with Crippen LogP contribution in [0.3, 0.4) is 0 Å². The molecule has 0 bridgehead atoms. The lowest BCUT2D eigenvalue weighted by atomic mass is 10.2. The van der Waals surface area contributed by atoms with Gasteiger partial charge in [-0.1, -0.05) is 5.92 Å². The third kappa shape index (κ3) is 1.76. The van der Waals surface area contributed by atoms with Gasteiger partial charge < -0.3 is 4.90 Å². The molecule has 0 saturated carbocycles. The minimum Gasteiger partial charge on any atom is -0.362 e. The Bertz CT molecular complexity index is 318. The van der Waals surface area contributed by atoms with Crippen LogP contribution in [0.1, 0.15) is 12.5 Å². The van der Waals surface area contributed by atoms with Crippen molar-refractivity contribution >= 4 is 5.82 Å². The van der Waals surface area contributed by atoms with Gasteiger partial charge in [0.05, 0.1) is 5.56 Å². The van der Waals surface area contributed by atoms with Crippen molar-refractivity contribution in [1.29, 1.82) is 0 Å². The minimum absolute atomic E-state index is 0.923. The molecule has 0 spiro atoms. The summed E-state index contributed by atoms with van der Waals surface area (Å²) in [4.78, 5) is 6.18. The van der Waals surface area contributed by atoms with Crippen LogP contribution in [0.2, 0.25) is 0 Å². The SMILES string of the molecule is CC#Cc1cccnc1N(C)C. The lowest BCUT2D eigenvalue weighted by molar-refractivity contribution is 1.06. The molecule has 0 N–H and O–H groups in total. The largest absolute Gasteiger partial charge is 0.362 e. The summed E-state index contributed by atoms with van der Waals surface area (Å²) in [5, 5.41) is 0. The molecule has 2 heteroatoms. The van der Waals surface area contributed by atoms with Crippen molar-refractivity contribution in [3.63, 3.8) is 0 Å². The summed E-state index contributed by atoms with van der Waals surface area (Å²) in [5.74, 6) is 6.79. The Balaban J connectivity index is 3.14. The van der Waals surface area contributed by atoms with Crippen LogP contribution in [0.4, 0.5) is 5.82 Å². The first-order chi connectivity index (χ1) is 5.75. The fourth-order valence-electron chi connectivity index (χ4n) is 0.986. The Hall–Kier alpha value is -1.49. The third-order valence-electron chi connectivity index (χ3n) is 1.47. The second kappa shape index (κ2) is 3.77. The van der Waals surface area contributed by atoms with Gasteiger partial charge in [0.15, 0.2) is 0 Å². The topological polar surface area (TPSA) is 16.1 Å². The first-order valence-electron chi connectivity index (χ1n) is 3.81. The van der Waals surface area contributed by atoms with Crippen LogP contribution in [-0.4, -0.2) is 19.1 Å². The maximum atomic E-state index is 4.22. The number of anilines is 1.